The van der Waals surface area contributed by atoms with Crippen molar-refractivity contribution in [2.45, 2.75) is 83.8 Å². The minimum atomic E-state index is -1.33. The Balaban J connectivity index is 1.49. The Kier molecular flexibility index (Phi) is 8.07. The maximum atomic E-state index is 15.1. The molecular weight excluding hydrogens is 558 g/mol. The first-order chi connectivity index (χ1) is 21.0. The molecule has 2 N–H and O–H groups in total. The molecule has 2 atom stereocenters. The van der Waals surface area contributed by atoms with Crippen LogP contribution in [0.4, 0.5) is 5.69 Å². The van der Waals surface area contributed by atoms with Crippen LogP contribution < -0.4 is 10.2 Å². The monoisotopic (exact) mass is 599 g/mol. The van der Waals surface area contributed by atoms with Crippen molar-refractivity contribution in [3.8, 4) is 0 Å². The molecule has 0 saturated heterocycles. The molecule has 1 aliphatic heterocycles. The highest BCUT2D eigenvalue weighted by molar-refractivity contribution is 6.10. The first-order valence-corrected chi connectivity index (χ1v) is 15.8. The molecule has 5 aliphatic rings. The number of ketones is 1. The lowest BCUT2D eigenvalue weighted by molar-refractivity contribution is -0.150. The van der Waals surface area contributed by atoms with Crippen LogP contribution >= 0.6 is 0 Å². The summed E-state index contributed by atoms with van der Waals surface area (Å²) in [6, 6.07) is 12.6. The van der Waals surface area contributed by atoms with Crippen molar-refractivity contribution in [2.75, 3.05) is 11.4 Å². The Morgan fingerprint density at radius 3 is 2.18 bits per heavy atom. The molecule has 3 amide bonds. The lowest BCUT2D eigenvalue weighted by atomic mass is 9.48. The van der Waals surface area contributed by atoms with E-state index in [1.165, 1.54) is 31.1 Å². The summed E-state index contributed by atoms with van der Waals surface area (Å²) in [6.45, 7) is 2.73. The molecule has 0 spiro atoms. The van der Waals surface area contributed by atoms with Gasteiger partial charge in [0.15, 0.2) is 5.78 Å². The Hall–Kier alpha value is -4.01. The second kappa shape index (κ2) is 11.8. The number of hydrogen-bond donors (Lipinski definition) is 2. The largest absolute Gasteiger partial charge is 0.480 e. The standard InChI is InChI=1S/C35H41N3O6/c1-21-8-9-28-27(10-21)31(40)14-29(33(43)36-19-32(41)42)38(22(2)39)30(34(44)37(28)20-23-6-4-3-5-7-23)18-35-15-24-11-25(16-35)13-26(12-24)17-35/h3-10,24-26,29-30H,11-20H2,1-2H3,(H,36,43)(H,41,42)/t24?,25?,26?,29-,30+,35?/m0/s1. The number of hydrogen-bond acceptors (Lipinski definition) is 5. The van der Waals surface area contributed by atoms with Crippen molar-refractivity contribution in [1.82, 2.24) is 10.2 Å². The van der Waals surface area contributed by atoms with Gasteiger partial charge in [0, 0.05) is 18.9 Å². The summed E-state index contributed by atoms with van der Waals surface area (Å²) in [5.74, 6) is -1.35. The molecule has 0 radical (unpaired) electrons. The average Bonchev–Trinajstić information content (AvgIpc) is 2.99. The molecule has 44 heavy (non-hydrogen) atoms. The number of amides is 3. The lowest BCUT2D eigenvalue weighted by Gasteiger charge is -2.58. The van der Waals surface area contributed by atoms with E-state index in [1.807, 2.05) is 43.3 Å². The lowest BCUT2D eigenvalue weighted by Crippen LogP contribution is -2.60. The van der Waals surface area contributed by atoms with Crippen LogP contribution in [0, 0.1) is 30.1 Å². The van der Waals surface area contributed by atoms with Crippen molar-refractivity contribution >= 4 is 35.2 Å². The highest BCUT2D eigenvalue weighted by Crippen LogP contribution is 2.62. The molecule has 9 nitrogen and oxygen atoms in total. The normalized spacial score (nSPS) is 29.5. The van der Waals surface area contributed by atoms with Crippen LogP contribution in [0.2, 0.25) is 0 Å². The molecule has 4 aliphatic carbocycles. The highest BCUT2D eigenvalue weighted by atomic mass is 16.4. The number of carboxylic acids is 1. The number of aryl methyl sites for hydroxylation is 1. The van der Waals surface area contributed by atoms with Gasteiger partial charge in [-0.3, -0.25) is 24.0 Å². The molecule has 9 heteroatoms. The molecule has 232 valence electrons. The number of carbonyl (C=O) groups excluding carboxylic acids is 4. The van der Waals surface area contributed by atoms with Crippen LogP contribution in [0.25, 0.3) is 0 Å². The van der Waals surface area contributed by atoms with Gasteiger partial charge in [-0.25, -0.2) is 0 Å². The minimum absolute atomic E-state index is 0.128. The second-order valence-corrected chi connectivity index (χ2v) is 13.7. The zero-order valence-corrected chi connectivity index (χ0v) is 25.5. The van der Waals surface area contributed by atoms with Gasteiger partial charge in [0.25, 0.3) is 0 Å². The van der Waals surface area contributed by atoms with Gasteiger partial charge in [-0.2, -0.15) is 0 Å². The summed E-state index contributed by atoms with van der Waals surface area (Å²) >= 11 is 0. The van der Waals surface area contributed by atoms with E-state index in [4.69, 9.17) is 0 Å². The molecule has 2 aromatic carbocycles. The van der Waals surface area contributed by atoms with E-state index in [0.717, 1.165) is 30.4 Å². The van der Waals surface area contributed by atoms with Gasteiger partial charge in [0.2, 0.25) is 17.7 Å². The number of benzene rings is 2. The Morgan fingerprint density at radius 2 is 1.59 bits per heavy atom. The summed E-state index contributed by atoms with van der Waals surface area (Å²) in [5.41, 5.74) is 2.34. The molecule has 4 fully saturated rings. The maximum Gasteiger partial charge on any atom is 0.322 e. The third-order valence-electron chi connectivity index (χ3n) is 10.4. The van der Waals surface area contributed by atoms with Crippen molar-refractivity contribution in [2.24, 2.45) is 23.2 Å². The average molecular weight is 600 g/mol. The first kappa shape index (κ1) is 30.0. The molecule has 7 rings (SSSR count). The number of nitrogens with one attached hydrogen (secondary N) is 1. The van der Waals surface area contributed by atoms with Crippen molar-refractivity contribution < 1.29 is 29.1 Å². The predicted octanol–water partition coefficient (Wildman–Crippen LogP) is 4.51. The van der Waals surface area contributed by atoms with Gasteiger partial charge in [-0.05, 0) is 92.7 Å². The van der Waals surface area contributed by atoms with E-state index in [9.17, 15) is 24.3 Å². The number of fused-ring (bicyclic) bond motifs is 1. The van der Waals surface area contributed by atoms with E-state index in [0.29, 0.717) is 35.4 Å². The van der Waals surface area contributed by atoms with E-state index < -0.39 is 36.4 Å². The highest BCUT2D eigenvalue weighted by Gasteiger charge is 2.54. The van der Waals surface area contributed by atoms with Gasteiger partial charge in [-0.1, -0.05) is 42.0 Å². The van der Waals surface area contributed by atoms with Gasteiger partial charge in [0.1, 0.15) is 18.6 Å². The van der Waals surface area contributed by atoms with Gasteiger partial charge in [0.05, 0.1) is 12.2 Å². The van der Waals surface area contributed by atoms with Crippen LogP contribution in [-0.4, -0.2) is 58.1 Å². The number of nitrogens with zero attached hydrogens (tertiary/aromatic N) is 2. The number of aliphatic carboxylic acids is 1. The quantitative estimate of drug-likeness (QED) is 0.483. The zero-order valence-electron chi connectivity index (χ0n) is 25.5. The summed E-state index contributed by atoms with van der Waals surface area (Å²) < 4.78 is 0. The van der Waals surface area contributed by atoms with E-state index >= 15 is 4.79 Å². The maximum absolute atomic E-state index is 15.1. The molecule has 1 heterocycles. The molecule has 0 aromatic heterocycles. The fourth-order valence-electron chi connectivity index (χ4n) is 9.13. The van der Waals surface area contributed by atoms with E-state index in [2.05, 4.69) is 5.32 Å². The molecule has 0 unspecified atom stereocenters. The molecule has 4 bridgehead atoms. The number of Topliss-reactive ketones (excluding diaryl/α,β-unsaturated/α-hetero) is 1. The summed E-state index contributed by atoms with van der Waals surface area (Å²) in [6.07, 6.45) is 6.71. The fourth-order valence-corrected chi connectivity index (χ4v) is 9.13. The van der Waals surface area contributed by atoms with Crippen LogP contribution in [0.1, 0.15) is 79.8 Å². The second-order valence-electron chi connectivity index (χ2n) is 13.7. The van der Waals surface area contributed by atoms with E-state index in [-0.39, 0.29) is 30.1 Å². The van der Waals surface area contributed by atoms with Crippen molar-refractivity contribution in [3.05, 3.63) is 65.2 Å². The van der Waals surface area contributed by atoms with Crippen LogP contribution in [0.5, 0.6) is 0 Å². The van der Waals surface area contributed by atoms with Gasteiger partial charge >= 0.3 is 5.97 Å². The van der Waals surface area contributed by atoms with Crippen LogP contribution in [-0.2, 0) is 25.7 Å². The summed E-state index contributed by atoms with van der Waals surface area (Å²) in [7, 11) is 0. The number of rotatable bonds is 7. The molecule has 2 aromatic rings. The Labute approximate surface area is 258 Å². The van der Waals surface area contributed by atoms with Gasteiger partial charge < -0.3 is 20.2 Å². The number of carboxylic acid groups (broad SMARTS) is 1. The fraction of sp³-hybridized carbons (Fsp3) is 0.514. The molecular formula is C35H41N3O6. The minimum Gasteiger partial charge on any atom is -0.480 e. The smallest absolute Gasteiger partial charge is 0.322 e. The van der Waals surface area contributed by atoms with Crippen molar-refractivity contribution in [1.29, 1.82) is 0 Å². The summed E-state index contributed by atoms with van der Waals surface area (Å²) in [4.78, 5) is 70.7. The molecule has 4 saturated carbocycles. The SMILES string of the molecule is CC(=O)N1[C@H](CC23CC4CC(CC(C4)C2)C3)C(=O)N(Cc2ccccc2)c2ccc(C)cc2C(=O)C[C@H]1C(=O)NCC(=O)O. The Bertz CT molecular complexity index is 1450. The number of carbonyl (C=O) groups is 5. The Morgan fingerprint density at radius 1 is 0.955 bits per heavy atom. The van der Waals surface area contributed by atoms with Crippen molar-refractivity contribution in [3.63, 3.8) is 0 Å². The summed E-state index contributed by atoms with van der Waals surface area (Å²) in [5, 5.41) is 11.7. The van der Waals surface area contributed by atoms with Gasteiger partial charge in [-0.15, -0.1) is 0 Å². The van der Waals surface area contributed by atoms with E-state index in [1.54, 1.807) is 17.0 Å². The number of anilines is 1. The topological polar surface area (TPSA) is 124 Å². The predicted molar refractivity (Wildman–Crippen MR) is 164 cm³/mol. The zero-order chi connectivity index (χ0) is 31.2. The third-order valence-corrected chi connectivity index (χ3v) is 10.4. The first-order valence-electron chi connectivity index (χ1n) is 15.8. The third kappa shape index (κ3) is 5.88. The van der Waals surface area contributed by atoms with Crippen LogP contribution in [0.3, 0.4) is 0 Å². The van der Waals surface area contributed by atoms with Crippen LogP contribution in [0.15, 0.2) is 48.5 Å².